The average Bonchev–Trinajstić information content (AvgIpc) is 3.08. The van der Waals surface area contributed by atoms with Gasteiger partial charge in [0.15, 0.2) is 0 Å². The first-order chi connectivity index (χ1) is 7.69. The summed E-state index contributed by atoms with van der Waals surface area (Å²) >= 11 is 4.01. The lowest BCUT2D eigenvalue weighted by Crippen LogP contribution is -2.19. The fraction of sp³-hybridized carbons (Fsp3) is 0.308. The maximum Gasteiger partial charge on any atom is 0.314 e. The molecule has 0 aromatic heterocycles. The van der Waals surface area contributed by atoms with E-state index in [2.05, 4.69) is 24.5 Å². The molecule has 1 N–H and O–H groups in total. The molecule has 0 amide bonds. The SMILES string of the molecule is O=C(O)C1(c2cccc(C#CCS)c2)CC1. The highest BCUT2D eigenvalue weighted by atomic mass is 32.1. The van der Waals surface area contributed by atoms with Crippen LogP contribution in [0.2, 0.25) is 0 Å². The first-order valence-corrected chi connectivity index (χ1v) is 5.76. The van der Waals surface area contributed by atoms with Crippen LogP contribution in [0, 0.1) is 11.8 Å². The topological polar surface area (TPSA) is 37.3 Å². The van der Waals surface area contributed by atoms with Crippen molar-refractivity contribution < 1.29 is 9.90 Å². The van der Waals surface area contributed by atoms with Gasteiger partial charge in [-0.1, -0.05) is 24.0 Å². The Hall–Kier alpha value is -1.40. The van der Waals surface area contributed by atoms with Crippen LogP contribution < -0.4 is 0 Å². The molecule has 0 saturated heterocycles. The second-order valence-corrected chi connectivity index (χ2v) is 4.24. The Balaban J connectivity index is 2.33. The van der Waals surface area contributed by atoms with Gasteiger partial charge in [-0.25, -0.2) is 0 Å². The monoisotopic (exact) mass is 232 g/mol. The van der Waals surface area contributed by atoms with E-state index in [1.165, 1.54) is 0 Å². The van der Waals surface area contributed by atoms with E-state index >= 15 is 0 Å². The summed E-state index contributed by atoms with van der Waals surface area (Å²) in [6.07, 6.45) is 1.46. The van der Waals surface area contributed by atoms with Crippen LogP contribution in [0.1, 0.15) is 24.0 Å². The number of hydrogen-bond donors (Lipinski definition) is 2. The number of carboxylic acids is 1. The third-order valence-corrected chi connectivity index (χ3v) is 3.04. The van der Waals surface area contributed by atoms with Gasteiger partial charge in [0.25, 0.3) is 0 Å². The molecule has 1 fully saturated rings. The molecule has 0 atom stereocenters. The molecule has 3 heteroatoms. The van der Waals surface area contributed by atoms with Gasteiger partial charge in [-0.3, -0.25) is 4.79 Å². The fourth-order valence-electron chi connectivity index (χ4n) is 1.79. The van der Waals surface area contributed by atoms with Crippen molar-refractivity contribution in [1.29, 1.82) is 0 Å². The zero-order chi connectivity index (χ0) is 11.6. The molecule has 82 valence electrons. The Morgan fingerprint density at radius 2 is 2.25 bits per heavy atom. The molecule has 0 unspecified atom stereocenters. The zero-order valence-electron chi connectivity index (χ0n) is 8.73. The summed E-state index contributed by atoms with van der Waals surface area (Å²) in [6, 6.07) is 7.49. The molecule has 0 radical (unpaired) electrons. The van der Waals surface area contributed by atoms with Crippen LogP contribution in [0.5, 0.6) is 0 Å². The van der Waals surface area contributed by atoms with Crippen LogP contribution in [0.25, 0.3) is 0 Å². The van der Waals surface area contributed by atoms with Gasteiger partial charge in [-0.15, -0.1) is 0 Å². The van der Waals surface area contributed by atoms with Crippen molar-refractivity contribution in [3.8, 4) is 11.8 Å². The number of thiol groups is 1. The molecule has 0 heterocycles. The van der Waals surface area contributed by atoms with E-state index in [-0.39, 0.29) is 0 Å². The molecule has 1 aromatic carbocycles. The minimum Gasteiger partial charge on any atom is -0.481 e. The molecule has 0 spiro atoms. The third-order valence-electron chi connectivity index (χ3n) is 2.89. The molecular weight excluding hydrogens is 220 g/mol. The molecule has 0 aliphatic heterocycles. The Morgan fingerprint density at radius 1 is 1.50 bits per heavy atom. The van der Waals surface area contributed by atoms with Crippen LogP contribution in [0.3, 0.4) is 0 Å². The van der Waals surface area contributed by atoms with Crippen LogP contribution in [0.15, 0.2) is 24.3 Å². The van der Waals surface area contributed by atoms with Crippen LogP contribution in [-0.2, 0) is 10.2 Å². The van der Waals surface area contributed by atoms with Crippen molar-refractivity contribution in [3.63, 3.8) is 0 Å². The smallest absolute Gasteiger partial charge is 0.314 e. The maximum absolute atomic E-state index is 11.2. The molecule has 1 saturated carbocycles. The molecule has 1 aliphatic carbocycles. The second-order valence-electron chi connectivity index (χ2n) is 3.93. The first kappa shape index (κ1) is 11.1. The minimum absolute atomic E-state index is 0.508. The maximum atomic E-state index is 11.2. The minimum atomic E-state index is -0.730. The van der Waals surface area contributed by atoms with Gasteiger partial charge in [0, 0.05) is 5.56 Å². The number of hydrogen-bond acceptors (Lipinski definition) is 2. The van der Waals surface area contributed by atoms with Crippen molar-refractivity contribution in [2.45, 2.75) is 18.3 Å². The number of carboxylic acid groups (broad SMARTS) is 1. The van der Waals surface area contributed by atoms with Gasteiger partial charge >= 0.3 is 5.97 Å². The van der Waals surface area contributed by atoms with E-state index in [1.807, 2.05) is 24.3 Å². The van der Waals surface area contributed by atoms with Gasteiger partial charge < -0.3 is 5.11 Å². The Kier molecular flexibility index (Phi) is 2.93. The Morgan fingerprint density at radius 3 is 2.81 bits per heavy atom. The van der Waals surface area contributed by atoms with Gasteiger partial charge in [0.2, 0.25) is 0 Å². The molecule has 16 heavy (non-hydrogen) atoms. The van der Waals surface area contributed by atoms with E-state index in [4.69, 9.17) is 0 Å². The predicted molar refractivity (Wildman–Crippen MR) is 65.7 cm³/mol. The Labute approximate surface area is 100 Å². The Bertz CT molecular complexity index is 478. The van der Waals surface area contributed by atoms with Crippen LogP contribution in [0.4, 0.5) is 0 Å². The van der Waals surface area contributed by atoms with Crippen molar-refractivity contribution >= 4 is 18.6 Å². The summed E-state index contributed by atoms with van der Waals surface area (Å²) in [5, 5.41) is 9.18. The lowest BCUT2D eigenvalue weighted by molar-refractivity contribution is -0.140. The number of rotatable bonds is 2. The van der Waals surface area contributed by atoms with E-state index in [0.29, 0.717) is 5.75 Å². The molecule has 2 rings (SSSR count). The standard InChI is InChI=1S/C13H12O2S/c14-12(15)13(6-7-13)11-5-1-3-10(9-11)4-2-8-16/h1,3,5,9,16H,6-8H2,(H,14,15). The lowest BCUT2D eigenvalue weighted by atomic mass is 9.95. The lowest BCUT2D eigenvalue weighted by Gasteiger charge is -2.09. The van der Waals surface area contributed by atoms with Crippen LogP contribution >= 0.6 is 12.6 Å². The van der Waals surface area contributed by atoms with E-state index in [1.54, 1.807) is 0 Å². The van der Waals surface area contributed by atoms with Crippen molar-refractivity contribution in [2.75, 3.05) is 5.75 Å². The van der Waals surface area contributed by atoms with Gasteiger partial charge in [0.1, 0.15) is 0 Å². The van der Waals surface area contributed by atoms with E-state index < -0.39 is 11.4 Å². The summed E-state index contributed by atoms with van der Waals surface area (Å²) in [5.74, 6) is 5.59. The van der Waals surface area contributed by atoms with E-state index in [9.17, 15) is 9.90 Å². The highest BCUT2D eigenvalue weighted by Gasteiger charge is 2.51. The van der Waals surface area contributed by atoms with Crippen molar-refractivity contribution in [3.05, 3.63) is 35.4 Å². The number of aliphatic carboxylic acids is 1. The third kappa shape index (κ3) is 1.94. The quantitative estimate of drug-likeness (QED) is 0.605. The van der Waals surface area contributed by atoms with Gasteiger partial charge in [-0.2, -0.15) is 12.6 Å². The van der Waals surface area contributed by atoms with E-state index in [0.717, 1.165) is 24.0 Å². The predicted octanol–water partition coefficient (Wildman–Crippen LogP) is 2.08. The highest BCUT2D eigenvalue weighted by molar-refractivity contribution is 7.80. The van der Waals surface area contributed by atoms with Crippen molar-refractivity contribution in [1.82, 2.24) is 0 Å². The highest BCUT2D eigenvalue weighted by Crippen LogP contribution is 2.48. The molecule has 1 aromatic rings. The first-order valence-electron chi connectivity index (χ1n) is 5.13. The summed E-state index contributed by atoms with van der Waals surface area (Å²) in [7, 11) is 0. The molecule has 1 aliphatic rings. The molecule has 0 bridgehead atoms. The average molecular weight is 232 g/mol. The summed E-state index contributed by atoms with van der Waals surface area (Å²) in [4.78, 5) is 11.2. The van der Waals surface area contributed by atoms with Crippen molar-refractivity contribution in [2.24, 2.45) is 0 Å². The fourth-order valence-corrected chi connectivity index (χ4v) is 1.87. The summed E-state index contributed by atoms with van der Waals surface area (Å²) in [5.41, 5.74) is 1.09. The largest absolute Gasteiger partial charge is 0.481 e. The number of carbonyl (C=O) groups is 1. The molecular formula is C13H12O2S. The zero-order valence-corrected chi connectivity index (χ0v) is 9.63. The van der Waals surface area contributed by atoms with Crippen LogP contribution in [-0.4, -0.2) is 16.8 Å². The normalized spacial score (nSPS) is 16.1. The summed E-state index contributed by atoms with van der Waals surface area (Å²) in [6.45, 7) is 0. The molecule has 2 nitrogen and oxygen atoms in total. The summed E-state index contributed by atoms with van der Waals surface area (Å²) < 4.78 is 0. The second kappa shape index (κ2) is 4.23. The van der Waals surface area contributed by atoms with Gasteiger partial charge in [0.05, 0.1) is 11.2 Å². The van der Waals surface area contributed by atoms with Gasteiger partial charge in [-0.05, 0) is 30.5 Å². The number of benzene rings is 1.